The highest BCUT2D eigenvalue weighted by Gasteiger charge is 2.21. The van der Waals surface area contributed by atoms with Gasteiger partial charge in [-0.15, -0.1) is 0 Å². The molecule has 0 aliphatic heterocycles. The number of halogens is 1. The zero-order chi connectivity index (χ0) is 15.8. The molecule has 1 rings (SSSR count). The molecule has 1 atom stereocenters. The predicted molar refractivity (Wildman–Crippen MR) is 83.0 cm³/mol. The van der Waals surface area contributed by atoms with E-state index in [9.17, 15) is 9.18 Å². The van der Waals surface area contributed by atoms with Gasteiger partial charge in [0.25, 0.3) is 0 Å². The predicted octanol–water partition coefficient (Wildman–Crippen LogP) is 3.64. The molecule has 0 aliphatic carbocycles. The summed E-state index contributed by atoms with van der Waals surface area (Å²) in [5.41, 5.74) is 1.61. The van der Waals surface area contributed by atoms with Crippen molar-refractivity contribution in [3.63, 3.8) is 0 Å². The monoisotopic (exact) mass is 295 g/mol. The Labute approximate surface area is 126 Å². The minimum absolute atomic E-state index is 0.0349. The fourth-order valence-electron chi connectivity index (χ4n) is 2.69. The summed E-state index contributed by atoms with van der Waals surface area (Å²) < 4.78 is 13.3. The number of nitrogens with zero attached hydrogens (tertiary/aromatic N) is 1. The summed E-state index contributed by atoms with van der Waals surface area (Å²) in [4.78, 5) is 13.4. The molecule has 0 bridgehead atoms. The first-order valence-corrected chi connectivity index (χ1v) is 7.68. The Balaban J connectivity index is 2.89. The SMILES string of the molecule is CCCN(CCC)C(CC(=O)O)Cc1ccc(F)c(C)c1. The van der Waals surface area contributed by atoms with Crippen molar-refractivity contribution in [3.05, 3.63) is 35.1 Å². The van der Waals surface area contributed by atoms with Crippen LogP contribution in [-0.4, -0.2) is 35.1 Å². The third-order valence-electron chi connectivity index (χ3n) is 3.64. The van der Waals surface area contributed by atoms with Gasteiger partial charge in [-0.3, -0.25) is 9.69 Å². The lowest BCUT2D eigenvalue weighted by Crippen LogP contribution is -2.39. The second-order valence-electron chi connectivity index (χ2n) is 5.58. The molecule has 1 aromatic carbocycles. The minimum atomic E-state index is -0.781. The van der Waals surface area contributed by atoms with Crippen LogP contribution in [0.2, 0.25) is 0 Å². The summed E-state index contributed by atoms with van der Waals surface area (Å²) in [6, 6.07) is 5.01. The Kier molecular flexibility index (Phi) is 7.37. The number of aliphatic carboxylic acids is 1. The van der Waals surface area contributed by atoms with Crippen molar-refractivity contribution in [3.8, 4) is 0 Å². The molecule has 0 heterocycles. The van der Waals surface area contributed by atoms with E-state index < -0.39 is 5.97 Å². The molecule has 0 saturated carbocycles. The van der Waals surface area contributed by atoms with Crippen LogP contribution in [0.5, 0.6) is 0 Å². The smallest absolute Gasteiger partial charge is 0.304 e. The number of hydrogen-bond donors (Lipinski definition) is 1. The first-order valence-electron chi connectivity index (χ1n) is 7.68. The Morgan fingerprint density at radius 1 is 1.29 bits per heavy atom. The third kappa shape index (κ3) is 5.84. The minimum Gasteiger partial charge on any atom is -0.481 e. The maximum Gasteiger partial charge on any atom is 0.304 e. The third-order valence-corrected chi connectivity index (χ3v) is 3.64. The molecule has 1 unspecified atom stereocenters. The summed E-state index contributed by atoms with van der Waals surface area (Å²) in [5, 5.41) is 9.16. The zero-order valence-electron chi connectivity index (χ0n) is 13.2. The first kappa shape index (κ1) is 17.6. The largest absolute Gasteiger partial charge is 0.481 e. The van der Waals surface area contributed by atoms with Gasteiger partial charge in [-0.1, -0.05) is 26.0 Å². The van der Waals surface area contributed by atoms with E-state index in [0.717, 1.165) is 31.5 Å². The molecule has 4 heteroatoms. The Morgan fingerprint density at radius 3 is 2.38 bits per heavy atom. The van der Waals surface area contributed by atoms with Crippen LogP contribution in [0.3, 0.4) is 0 Å². The van der Waals surface area contributed by atoms with E-state index in [1.165, 1.54) is 6.07 Å². The Bertz CT molecular complexity index is 456. The van der Waals surface area contributed by atoms with Gasteiger partial charge in [-0.05, 0) is 56.5 Å². The molecule has 0 amide bonds. The van der Waals surface area contributed by atoms with Crippen LogP contribution in [-0.2, 0) is 11.2 Å². The number of benzene rings is 1. The van der Waals surface area contributed by atoms with Crippen LogP contribution in [0.15, 0.2) is 18.2 Å². The average molecular weight is 295 g/mol. The zero-order valence-corrected chi connectivity index (χ0v) is 13.2. The highest BCUT2D eigenvalue weighted by atomic mass is 19.1. The molecular weight excluding hydrogens is 269 g/mol. The van der Waals surface area contributed by atoms with Gasteiger partial charge in [0.15, 0.2) is 0 Å². The van der Waals surface area contributed by atoms with Gasteiger partial charge in [0.2, 0.25) is 0 Å². The van der Waals surface area contributed by atoms with Gasteiger partial charge in [0, 0.05) is 6.04 Å². The summed E-state index contributed by atoms with van der Waals surface area (Å²) in [6.45, 7) is 7.73. The highest BCUT2D eigenvalue weighted by molar-refractivity contribution is 5.67. The van der Waals surface area contributed by atoms with Crippen LogP contribution < -0.4 is 0 Å². The number of hydrogen-bond acceptors (Lipinski definition) is 2. The fourth-order valence-corrected chi connectivity index (χ4v) is 2.69. The number of carboxylic acids is 1. The molecule has 1 aromatic rings. The quantitative estimate of drug-likeness (QED) is 0.756. The van der Waals surface area contributed by atoms with Gasteiger partial charge in [0.1, 0.15) is 5.82 Å². The molecule has 0 saturated heterocycles. The molecule has 0 aliphatic rings. The number of aryl methyl sites for hydroxylation is 1. The standard InChI is InChI=1S/C17H26FNO2/c1-4-8-19(9-5-2)15(12-17(20)21)11-14-6-7-16(18)13(3)10-14/h6-7,10,15H,4-5,8-9,11-12H2,1-3H3,(H,20,21). The lowest BCUT2D eigenvalue weighted by Gasteiger charge is -2.30. The van der Waals surface area contributed by atoms with E-state index in [2.05, 4.69) is 18.7 Å². The van der Waals surface area contributed by atoms with Crippen LogP contribution in [0, 0.1) is 12.7 Å². The maximum absolute atomic E-state index is 13.3. The lowest BCUT2D eigenvalue weighted by molar-refractivity contribution is -0.138. The molecule has 118 valence electrons. The van der Waals surface area contributed by atoms with Crippen molar-refractivity contribution in [2.24, 2.45) is 0 Å². The number of carbonyl (C=O) groups is 1. The van der Waals surface area contributed by atoms with Crippen LogP contribution in [0.1, 0.15) is 44.2 Å². The van der Waals surface area contributed by atoms with E-state index in [0.29, 0.717) is 12.0 Å². The molecular formula is C17H26FNO2. The summed E-state index contributed by atoms with van der Waals surface area (Å²) >= 11 is 0. The van der Waals surface area contributed by atoms with E-state index in [-0.39, 0.29) is 18.3 Å². The van der Waals surface area contributed by atoms with Crippen LogP contribution >= 0.6 is 0 Å². The molecule has 0 spiro atoms. The second-order valence-corrected chi connectivity index (χ2v) is 5.58. The van der Waals surface area contributed by atoms with Gasteiger partial charge in [-0.2, -0.15) is 0 Å². The normalized spacial score (nSPS) is 12.6. The van der Waals surface area contributed by atoms with Crippen LogP contribution in [0.25, 0.3) is 0 Å². The van der Waals surface area contributed by atoms with Crippen molar-refractivity contribution in [2.75, 3.05) is 13.1 Å². The number of rotatable bonds is 9. The van der Waals surface area contributed by atoms with Crippen LogP contribution in [0.4, 0.5) is 4.39 Å². The molecule has 1 N–H and O–H groups in total. The Morgan fingerprint density at radius 2 is 1.90 bits per heavy atom. The van der Waals surface area contributed by atoms with E-state index in [1.807, 2.05) is 6.07 Å². The van der Waals surface area contributed by atoms with Gasteiger partial charge < -0.3 is 5.11 Å². The van der Waals surface area contributed by atoms with Gasteiger partial charge >= 0.3 is 5.97 Å². The molecule has 21 heavy (non-hydrogen) atoms. The van der Waals surface area contributed by atoms with Crippen molar-refractivity contribution >= 4 is 5.97 Å². The maximum atomic E-state index is 13.3. The van der Waals surface area contributed by atoms with Crippen molar-refractivity contribution in [1.29, 1.82) is 0 Å². The lowest BCUT2D eigenvalue weighted by atomic mass is 9.99. The second kappa shape index (κ2) is 8.78. The van der Waals surface area contributed by atoms with Gasteiger partial charge in [0.05, 0.1) is 6.42 Å². The first-order chi connectivity index (χ1) is 9.97. The van der Waals surface area contributed by atoms with E-state index in [4.69, 9.17) is 5.11 Å². The molecule has 0 fully saturated rings. The average Bonchev–Trinajstić information content (AvgIpc) is 2.41. The highest BCUT2D eigenvalue weighted by Crippen LogP contribution is 2.16. The number of carboxylic acid groups (broad SMARTS) is 1. The van der Waals surface area contributed by atoms with Crippen molar-refractivity contribution in [2.45, 2.75) is 52.5 Å². The molecule has 0 radical (unpaired) electrons. The van der Waals surface area contributed by atoms with Crippen molar-refractivity contribution in [1.82, 2.24) is 4.90 Å². The van der Waals surface area contributed by atoms with Crippen molar-refractivity contribution < 1.29 is 14.3 Å². The summed E-state index contributed by atoms with van der Waals surface area (Å²) in [7, 11) is 0. The molecule has 3 nitrogen and oxygen atoms in total. The topological polar surface area (TPSA) is 40.5 Å². The van der Waals surface area contributed by atoms with Gasteiger partial charge in [-0.25, -0.2) is 4.39 Å². The van der Waals surface area contributed by atoms with E-state index in [1.54, 1.807) is 13.0 Å². The summed E-state index contributed by atoms with van der Waals surface area (Å²) in [6.07, 6.45) is 2.76. The fraction of sp³-hybridized carbons (Fsp3) is 0.588. The van der Waals surface area contributed by atoms with E-state index >= 15 is 0 Å². The molecule has 0 aromatic heterocycles. The Hall–Kier alpha value is -1.42. The summed E-state index contributed by atoms with van der Waals surface area (Å²) in [5.74, 6) is -0.997.